The number of rotatable bonds is 5. The van der Waals surface area contributed by atoms with Gasteiger partial charge in [0.15, 0.2) is 17.3 Å². The van der Waals surface area contributed by atoms with Crippen molar-refractivity contribution in [3.63, 3.8) is 0 Å². The Morgan fingerprint density at radius 1 is 1.28 bits per heavy atom. The van der Waals surface area contributed by atoms with E-state index in [1.54, 1.807) is 31.3 Å². The topological polar surface area (TPSA) is 111 Å². The van der Waals surface area contributed by atoms with Crippen molar-refractivity contribution in [2.75, 3.05) is 7.11 Å². The number of allylic oxidation sites excluding steroid dienone is 1. The van der Waals surface area contributed by atoms with E-state index in [1.165, 1.54) is 42.1 Å². The zero-order chi connectivity index (χ0) is 21.2. The fourth-order valence-corrected chi connectivity index (χ4v) is 3.72. The van der Waals surface area contributed by atoms with Crippen LogP contribution in [0.4, 0.5) is 4.39 Å². The number of nitrogens with two attached hydrogens (primary N) is 1. The third-order valence-electron chi connectivity index (χ3n) is 4.20. The molecule has 148 valence electrons. The average molecular weight is 412 g/mol. The maximum atomic E-state index is 14.4. The van der Waals surface area contributed by atoms with E-state index in [4.69, 9.17) is 9.88 Å². The molecule has 2 N–H and O–H groups in total. The Labute approximate surface area is 167 Å². The molecule has 0 aliphatic carbocycles. The first-order chi connectivity index (χ1) is 13.8. The summed E-state index contributed by atoms with van der Waals surface area (Å²) < 4.78 is 44.8. The average Bonchev–Trinajstić information content (AvgIpc) is 3.05. The zero-order valence-corrected chi connectivity index (χ0v) is 16.4. The quantitative estimate of drug-likeness (QED) is 0.691. The largest absolute Gasteiger partial charge is 0.494 e. The second-order valence-corrected chi connectivity index (χ2v) is 7.53. The van der Waals surface area contributed by atoms with Crippen molar-refractivity contribution in [1.82, 2.24) is 9.78 Å². The van der Waals surface area contributed by atoms with Gasteiger partial charge in [0.1, 0.15) is 11.8 Å². The van der Waals surface area contributed by atoms with E-state index < -0.39 is 15.8 Å². The fraction of sp³-hybridized carbons (Fsp3) is 0.100. The number of primary sulfonamides is 1. The lowest BCUT2D eigenvalue weighted by molar-refractivity contribution is 0.386. The molecule has 0 saturated carbocycles. The van der Waals surface area contributed by atoms with Gasteiger partial charge in [0.2, 0.25) is 10.0 Å². The first-order valence-electron chi connectivity index (χ1n) is 8.43. The summed E-state index contributed by atoms with van der Waals surface area (Å²) in [6, 6.07) is 12.3. The molecule has 0 atom stereocenters. The van der Waals surface area contributed by atoms with Crippen LogP contribution in [0.1, 0.15) is 12.6 Å². The minimum absolute atomic E-state index is 0.0413. The van der Waals surface area contributed by atoms with E-state index in [1.807, 2.05) is 0 Å². The molecular weight excluding hydrogens is 395 g/mol. The third kappa shape index (κ3) is 3.76. The van der Waals surface area contributed by atoms with Gasteiger partial charge >= 0.3 is 0 Å². The summed E-state index contributed by atoms with van der Waals surface area (Å²) in [6.45, 7) is 1.74. The molecule has 29 heavy (non-hydrogen) atoms. The van der Waals surface area contributed by atoms with Gasteiger partial charge in [0, 0.05) is 17.3 Å². The number of benzene rings is 2. The minimum atomic E-state index is -4.07. The molecule has 2 aromatic carbocycles. The smallest absolute Gasteiger partial charge is 0.238 e. The van der Waals surface area contributed by atoms with Gasteiger partial charge in [-0.15, -0.1) is 0 Å². The molecule has 0 aliphatic rings. The first kappa shape index (κ1) is 20.3. The summed E-state index contributed by atoms with van der Waals surface area (Å²) in [4.78, 5) is -0.148. The Balaban J connectivity index is 2.41. The lowest BCUT2D eigenvalue weighted by Crippen LogP contribution is -2.13. The summed E-state index contributed by atoms with van der Waals surface area (Å²) in [5.74, 6) is -0.585. The third-order valence-corrected chi connectivity index (χ3v) is 5.16. The number of halogens is 1. The Hall–Kier alpha value is -3.48. The Morgan fingerprint density at radius 2 is 2.00 bits per heavy atom. The molecule has 0 fully saturated rings. The number of hydrogen-bond donors (Lipinski definition) is 1. The SMILES string of the molecule is CC=Cn1nc(-c2ccccc2S(N)(=O)=O)c(-c2ccc(OC)c(F)c2)c1C#N. The minimum Gasteiger partial charge on any atom is -0.494 e. The van der Waals surface area contributed by atoms with Gasteiger partial charge in [-0.1, -0.05) is 30.3 Å². The number of sulfonamides is 1. The van der Waals surface area contributed by atoms with E-state index in [9.17, 15) is 18.1 Å². The molecule has 0 radical (unpaired) electrons. The Kier molecular flexibility index (Phi) is 5.50. The molecule has 0 amide bonds. The normalized spacial score (nSPS) is 11.6. The summed E-state index contributed by atoms with van der Waals surface area (Å²) in [5, 5.41) is 19.5. The number of nitriles is 1. The highest BCUT2D eigenvalue weighted by atomic mass is 32.2. The predicted octanol–water partition coefficient (Wildman–Crippen LogP) is 3.37. The number of aromatic nitrogens is 2. The molecule has 0 spiro atoms. The van der Waals surface area contributed by atoms with Crippen LogP contribution in [0.2, 0.25) is 0 Å². The lowest BCUT2D eigenvalue weighted by atomic mass is 9.98. The number of hydrogen-bond acceptors (Lipinski definition) is 5. The van der Waals surface area contributed by atoms with Crippen LogP contribution < -0.4 is 9.88 Å². The predicted molar refractivity (Wildman–Crippen MR) is 107 cm³/mol. The summed E-state index contributed by atoms with van der Waals surface area (Å²) in [7, 11) is -2.72. The first-order valence-corrected chi connectivity index (χ1v) is 9.98. The van der Waals surface area contributed by atoms with Crippen LogP contribution in [0, 0.1) is 17.1 Å². The molecule has 3 aromatic rings. The molecule has 7 nitrogen and oxygen atoms in total. The van der Waals surface area contributed by atoms with Crippen molar-refractivity contribution < 1.29 is 17.5 Å². The van der Waals surface area contributed by atoms with E-state index in [0.29, 0.717) is 5.56 Å². The highest BCUT2D eigenvalue weighted by Crippen LogP contribution is 2.38. The molecule has 0 bridgehead atoms. The molecule has 0 unspecified atom stereocenters. The highest BCUT2D eigenvalue weighted by Gasteiger charge is 2.25. The van der Waals surface area contributed by atoms with E-state index in [-0.39, 0.29) is 33.2 Å². The van der Waals surface area contributed by atoms with Gasteiger partial charge < -0.3 is 4.74 Å². The van der Waals surface area contributed by atoms with Crippen LogP contribution >= 0.6 is 0 Å². The molecule has 9 heteroatoms. The number of ether oxygens (including phenoxy) is 1. The molecule has 0 aliphatic heterocycles. The van der Waals surface area contributed by atoms with Gasteiger partial charge in [-0.3, -0.25) is 0 Å². The zero-order valence-electron chi connectivity index (χ0n) is 15.6. The van der Waals surface area contributed by atoms with Crippen LogP contribution in [0.5, 0.6) is 5.75 Å². The van der Waals surface area contributed by atoms with E-state index >= 15 is 0 Å². The number of methoxy groups -OCH3 is 1. The second-order valence-electron chi connectivity index (χ2n) is 6.00. The summed E-state index contributed by atoms with van der Waals surface area (Å²) in [5.41, 5.74) is 1.14. The summed E-state index contributed by atoms with van der Waals surface area (Å²) >= 11 is 0. The van der Waals surface area contributed by atoms with Crippen LogP contribution in [0.15, 0.2) is 53.4 Å². The van der Waals surface area contributed by atoms with Crippen molar-refractivity contribution in [3.05, 3.63) is 60.1 Å². The van der Waals surface area contributed by atoms with Crippen LogP contribution in [-0.2, 0) is 10.0 Å². The monoisotopic (exact) mass is 412 g/mol. The van der Waals surface area contributed by atoms with Crippen LogP contribution in [0.25, 0.3) is 28.6 Å². The Morgan fingerprint density at radius 3 is 2.59 bits per heavy atom. The standard InChI is InChI=1S/C20H17FN4O3S/c1-3-10-25-16(12-22)19(13-8-9-17(28-2)15(21)11-13)20(24-25)14-6-4-5-7-18(14)29(23,26)27/h3-11H,1-2H3,(H2,23,26,27). The van der Waals surface area contributed by atoms with Gasteiger partial charge in [-0.05, 0) is 30.7 Å². The maximum Gasteiger partial charge on any atom is 0.238 e. The number of nitrogens with zero attached hydrogens (tertiary/aromatic N) is 3. The van der Waals surface area contributed by atoms with E-state index in [2.05, 4.69) is 11.2 Å². The van der Waals surface area contributed by atoms with Gasteiger partial charge in [-0.25, -0.2) is 22.6 Å². The van der Waals surface area contributed by atoms with Crippen molar-refractivity contribution in [2.45, 2.75) is 11.8 Å². The maximum absolute atomic E-state index is 14.4. The van der Waals surface area contributed by atoms with Crippen molar-refractivity contribution in [3.8, 4) is 34.2 Å². The van der Waals surface area contributed by atoms with Crippen molar-refractivity contribution >= 4 is 16.2 Å². The summed E-state index contributed by atoms with van der Waals surface area (Å²) in [6.07, 6.45) is 3.21. The molecule has 3 rings (SSSR count). The van der Waals surface area contributed by atoms with Gasteiger partial charge in [-0.2, -0.15) is 10.4 Å². The van der Waals surface area contributed by atoms with Crippen LogP contribution in [-0.4, -0.2) is 25.3 Å². The highest BCUT2D eigenvalue weighted by molar-refractivity contribution is 7.89. The molecule has 0 saturated heterocycles. The van der Waals surface area contributed by atoms with E-state index in [0.717, 1.165) is 0 Å². The second kappa shape index (κ2) is 7.87. The van der Waals surface area contributed by atoms with Crippen molar-refractivity contribution in [2.24, 2.45) is 5.14 Å². The molecule has 1 heterocycles. The molecule has 1 aromatic heterocycles. The van der Waals surface area contributed by atoms with Crippen LogP contribution in [0.3, 0.4) is 0 Å². The van der Waals surface area contributed by atoms with Crippen molar-refractivity contribution in [1.29, 1.82) is 5.26 Å². The van der Waals surface area contributed by atoms with Gasteiger partial charge in [0.25, 0.3) is 0 Å². The Bertz CT molecular complexity index is 1260. The molecular formula is C20H17FN4O3S. The lowest BCUT2D eigenvalue weighted by Gasteiger charge is -2.09. The van der Waals surface area contributed by atoms with Gasteiger partial charge in [0.05, 0.1) is 12.0 Å². The fourth-order valence-electron chi connectivity index (χ4n) is 2.98.